The van der Waals surface area contributed by atoms with Crippen LogP contribution in [-0.2, 0) is 21.3 Å². The number of benzene rings is 2. The van der Waals surface area contributed by atoms with Gasteiger partial charge in [-0.15, -0.1) is 0 Å². The van der Waals surface area contributed by atoms with Crippen LogP contribution in [0.1, 0.15) is 22.8 Å². The fraction of sp³-hybridized carbons (Fsp3) is 0.235. The number of esters is 1. The standard InChI is InChI=1S/C17H17ClFNO4S/c1-3-24-17(21)12-7-9-13(10-8-12)25(22,23)20(2)11-14-15(18)5-4-6-16(14)19/h4-10H,3,11H2,1-2H3. The Morgan fingerprint density at radius 3 is 2.40 bits per heavy atom. The maximum absolute atomic E-state index is 13.9. The molecule has 0 heterocycles. The van der Waals surface area contributed by atoms with Crippen molar-refractivity contribution in [3.8, 4) is 0 Å². The Hall–Kier alpha value is -1.96. The molecule has 2 rings (SSSR count). The minimum absolute atomic E-state index is 0.0180. The minimum Gasteiger partial charge on any atom is -0.462 e. The lowest BCUT2D eigenvalue weighted by atomic mass is 10.2. The molecule has 0 spiro atoms. The van der Waals surface area contributed by atoms with E-state index in [2.05, 4.69) is 0 Å². The summed E-state index contributed by atoms with van der Waals surface area (Å²) in [6.07, 6.45) is 0. The predicted molar refractivity (Wildman–Crippen MR) is 92.5 cm³/mol. The van der Waals surface area contributed by atoms with Gasteiger partial charge in [-0.3, -0.25) is 0 Å². The number of nitrogens with zero attached hydrogens (tertiary/aromatic N) is 1. The van der Waals surface area contributed by atoms with Gasteiger partial charge in [-0.1, -0.05) is 17.7 Å². The van der Waals surface area contributed by atoms with Crippen LogP contribution in [0.4, 0.5) is 4.39 Å². The van der Waals surface area contributed by atoms with E-state index in [0.717, 1.165) is 4.31 Å². The van der Waals surface area contributed by atoms with E-state index in [4.69, 9.17) is 16.3 Å². The summed E-state index contributed by atoms with van der Waals surface area (Å²) in [7, 11) is -2.54. The smallest absolute Gasteiger partial charge is 0.338 e. The van der Waals surface area contributed by atoms with E-state index in [0.29, 0.717) is 0 Å². The van der Waals surface area contributed by atoms with Crippen molar-refractivity contribution in [1.29, 1.82) is 0 Å². The van der Waals surface area contributed by atoms with E-state index < -0.39 is 21.8 Å². The number of ether oxygens (including phenoxy) is 1. The fourth-order valence-corrected chi connectivity index (χ4v) is 3.51. The van der Waals surface area contributed by atoms with Gasteiger partial charge in [0.25, 0.3) is 0 Å². The molecule has 25 heavy (non-hydrogen) atoms. The molecule has 0 aliphatic rings. The van der Waals surface area contributed by atoms with Crippen LogP contribution in [0.15, 0.2) is 47.4 Å². The summed E-state index contributed by atoms with van der Waals surface area (Å²) in [4.78, 5) is 11.6. The summed E-state index contributed by atoms with van der Waals surface area (Å²) in [5.74, 6) is -1.11. The van der Waals surface area contributed by atoms with Gasteiger partial charge >= 0.3 is 5.97 Å². The Kier molecular flexibility index (Phi) is 6.16. The molecule has 0 unspecified atom stereocenters. The molecule has 0 radical (unpaired) electrons. The highest BCUT2D eigenvalue weighted by atomic mass is 35.5. The summed E-state index contributed by atoms with van der Waals surface area (Å²) in [5, 5.41) is 0.153. The quantitative estimate of drug-likeness (QED) is 0.714. The monoisotopic (exact) mass is 385 g/mol. The average molecular weight is 386 g/mol. The molecule has 134 valence electrons. The van der Waals surface area contributed by atoms with Gasteiger partial charge in [0.15, 0.2) is 0 Å². The molecule has 0 aromatic heterocycles. The zero-order valence-electron chi connectivity index (χ0n) is 13.7. The Morgan fingerprint density at radius 1 is 1.20 bits per heavy atom. The highest BCUT2D eigenvalue weighted by molar-refractivity contribution is 7.89. The Bertz CT molecular complexity index is 848. The van der Waals surface area contributed by atoms with Crippen LogP contribution in [0.25, 0.3) is 0 Å². The second-order valence-electron chi connectivity index (χ2n) is 5.21. The van der Waals surface area contributed by atoms with Crippen LogP contribution < -0.4 is 0 Å². The molecule has 0 aliphatic heterocycles. The Labute approximate surface area is 151 Å². The second-order valence-corrected chi connectivity index (χ2v) is 7.66. The van der Waals surface area contributed by atoms with Crippen molar-refractivity contribution >= 4 is 27.6 Å². The molecule has 0 fully saturated rings. The predicted octanol–water partition coefficient (Wildman–Crippen LogP) is 3.48. The largest absolute Gasteiger partial charge is 0.462 e. The number of hydrogen-bond acceptors (Lipinski definition) is 4. The molecule has 0 N–H and O–H groups in total. The van der Waals surface area contributed by atoms with E-state index in [9.17, 15) is 17.6 Å². The lowest BCUT2D eigenvalue weighted by molar-refractivity contribution is 0.0526. The van der Waals surface area contributed by atoms with Gasteiger partial charge in [-0.05, 0) is 43.3 Å². The number of carbonyl (C=O) groups is 1. The first-order chi connectivity index (χ1) is 11.8. The van der Waals surface area contributed by atoms with Gasteiger partial charge in [0.2, 0.25) is 10.0 Å². The summed E-state index contributed by atoms with van der Waals surface area (Å²) >= 11 is 5.94. The molecule has 8 heteroatoms. The first kappa shape index (κ1) is 19.4. The minimum atomic E-state index is -3.87. The molecular weight excluding hydrogens is 369 g/mol. The number of sulfonamides is 1. The van der Waals surface area contributed by atoms with E-state index >= 15 is 0 Å². The molecule has 0 saturated heterocycles. The number of carbonyl (C=O) groups excluding carboxylic acids is 1. The van der Waals surface area contributed by atoms with Gasteiger partial charge in [0.1, 0.15) is 5.82 Å². The van der Waals surface area contributed by atoms with Crippen molar-refractivity contribution < 1.29 is 22.3 Å². The van der Waals surface area contributed by atoms with Crippen molar-refractivity contribution in [1.82, 2.24) is 4.31 Å². The SMILES string of the molecule is CCOC(=O)c1ccc(S(=O)(=O)N(C)Cc2c(F)cccc2Cl)cc1. The summed E-state index contributed by atoms with van der Waals surface area (Å²) < 4.78 is 44.9. The number of halogens is 2. The van der Waals surface area contributed by atoms with Crippen LogP contribution in [0.3, 0.4) is 0 Å². The normalized spacial score (nSPS) is 11.6. The third-order valence-electron chi connectivity index (χ3n) is 3.52. The average Bonchev–Trinajstić information content (AvgIpc) is 2.58. The first-order valence-electron chi connectivity index (χ1n) is 7.43. The fourth-order valence-electron chi connectivity index (χ4n) is 2.15. The third-order valence-corrected chi connectivity index (χ3v) is 5.69. The van der Waals surface area contributed by atoms with Crippen LogP contribution in [0.2, 0.25) is 5.02 Å². The van der Waals surface area contributed by atoms with Crippen LogP contribution >= 0.6 is 11.6 Å². The Balaban J connectivity index is 2.24. The van der Waals surface area contributed by atoms with Gasteiger partial charge in [-0.25, -0.2) is 17.6 Å². The lowest BCUT2D eigenvalue weighted by Gasteiger charge is -2.18. The van der Waals surface area contributed by atoms with Crippen molar-refractivity contribution in [3.63, 3.8) is 0 Å². The van der Waals surface area contributed by atoms with Crippen LogP contribution in [0.5, 0.6) is 0 Å². The maximum Gasteiger partial charge on any atom is 0.338 e. The third kappa shape index (κ3) is 4.36. The topological polar surface area (TPSA) is 63.7 Å². The van der Waals surface area contributed by atoms with Crippen molar-refractivity contribution in [3.05, 3.63) is 64.4 Å². The maximum atomic E-state index is 13.9. The van der Waals surface area contributed by atoms with Gasteiger partial charge in [-0.2, -0.15) is 4.31 Å². The molecule has 0 atom stereocenters. The molecule has 0 aliphatic carbocycles. The molecule has 2 aromatic carbocycles. The van der Waals surface area contributed by atoms with Crippen molar-refractivity contribution in [2.75, 3.05) is 13.7 Å². The van der Waals surface area contributed by atoms with Crippen molar-refractivity contribution in [2.24, 2.45) is 0 Å². The molecule has 5 nitrogen and oxygen atoms in total. The molecular formula is C17H17ClFNO4S. The second kappa shape index (κ2) is 7.95. The lowest BCUT2D eigenvalue weighted by Crippen LogP contribution is -2.27. The summed E-state index contributed by atoms with van der Waals surface area (Å²) in [6.45, 7) is 1.69. The molecule has 0 amide bonds. The van der Waals surface area contributed by atoms with Gasteiger partial charge in [0, 0.05) is 24.2 Å². The van der Waals surface area contributed by atoms with E-state index in [1.54, 1.807) is 6.92 Å². The van der Waals surface area contributed by atoms with Gasteiger partial charge in [0.05, 0.1) is 17.1 Å². The van der Waals surface area contributed by atoms with Gasteiger partial charge < -0.3 is 4.74 Å². The van der Waals surface area contributed by atoms with E-state index in [1.807, 2.05) is 0 Å². The Morgan fingerprint density at radius 2 is 1.84 bits per heavy atom. The summed E-state index contributed by atoms with van der Waals surface area (Å²) in [6, 6.07) is 9.51. The van der Waals surface area contributed by atoms with Crippen LogP contribution in [-0.4, -0.2) is 32.3 Å². The van der Waals surface area contributed by atoms with Crippen LogP contribution in [0, 0.1) is 5.82 Å². The highest BCUT2D eigenvalue weighted by Gasteiger charge is 2.23. The zero-order chi connectivity index (χ0) is 18.6. The number of hydrogen-bond donors (Lipinski definition) is 0. The first-order valence-corrected chi connectivity index (χ1v) is 9.25. The molecule has 2 aromatic rings. The summed E-state index contributed by atoms with van der Waals surface area (Å²) in [5.41, 5.74) is 0.346. The highest BCUT2D eigenvalue weighted by Crippen LogP contribution is 2.23. The van der Waals surface area contributed by atoms with E-state index in [-0.39, 0.29) is 34.2 Å². The van der Waals surface area contributed by atoms with Crippen molar-refractivity contribution in [2.45, 2.75) is 18.4 Å². The molecule has 0 bridgehead atoms. The molecule has 0 saturated carbocycles. The number of rotatable bonds is 6. The van der Waals surface area contributed by atoms with E-state index in [1.165, 1.54) is 49.5 Å². The zero-order valence-corrected chi connectivity index (χ0v) is 15.3.